The summed E-state index contributed by atoms with van der Waals surface area (Å²) < 4.78 is 0. The molecule has 3 amide bonds. The minimum Gasteiger partial charge on any atom is -0.308 e. The summed E-state index contributed by atoms with van der Waals surface area (Å²) in [6.07, 6.45) is 0.602. The highest BCUT2D eigenvalue weighted by atomic mass is 16.2. The molecule has 0 spiro atoms. The fraction of sp³-hybridized carbons (Fsp3) is 0.500. The van der Waals surface area contributed by atoms with Gasteiger partial charge in [0, 0.05) is 7.05 Å². The van der Waals surface area contributed by atoms with Crippen LogP contribution in [-0.2, 0) is 9.59 Å². The van der Waals surface area contributed by atoms with E-state index in [0.717, 1.165) is 4.90 Å². The number of likely N-dealkylation sites (N-methyl/N-ethyl adjacent to an activating group) is 1. The number of rotatable bonds is 2. The molecule has 0 aromatic rings. The molecule has 1 rings (SSSR count). The molecule has 0 N–H and O–H groups in total. The average Bonchev–Trinajstić information content (AvgIpc) is 2.19. The molecule has 60 valence electrons. The van der Waals surface area contributed by atoms with Crippen LogP contribution in [0.4, 0.5) is 4.79 Å². The molecule has 5 nitrogen and oxygen atoms in total. The van der Waals surface area contributed by atoms with Crippen molar-refractivity contribution in [3.63, 3.8) is 0 Å². The molecular weight excluding hydrogens is 148 g/mol. The molecule has 0 aliphatic carbocycles. The van der Waals surface area contributed by atoms with E-state index in [0.29, 0.717) is 6.29 Å². The van der Waals surface area contributed by atoms with Crippen molar-refractivity contribution >= 4 is 18.2 Å². The highest BCUT2D eigenvalue weighted by Gasteiger charge is 2.32. The van der Waals surface area contributed by atoms with Crippen molar-refractivity contribution in [3.8, 4) is 0 Å². The molecule has 0 aromatic heterocycles. The van der Waals surface area contributed by atoms with E-state index in [1.807, 2.05) is 0 Å². The molecule has 0 bridgehead atoms. The van der Waals surface area contributed by atoms with Crippen molar-refractivity contribution in [3.05, 3.63) is 0 Å². The summed E-state index contributed by atoms with van der Waals surface area (Å²) in [5.74, 6) is -0.267. The Bertz CT molecular complexity index is 214. The molecule has 0 atom stereocenters. The van der Waals surface area contributed by atoms with E-state index >= 15 is 0 Å². The minimum atomic E-state index is -0.401. The Balaban J connectivity index is 2.66. The largest absolute Gasteiger partial charge is 0.327 e. The third-order valence-corrected chi connectivity index (χ3v) is 1.55. The monoisotopic (exact) mass is 156 g/mol. The van der Waals surface area contributed by atoms with Gasteiger partial charge in [-0.05, 0) is 0 Å². The van der Waals surface area contributed by atoms with Gasteiger partial charge in [-0.1, -0.05) is 0 Å². The number of hydrogen-bond acceptors (Lipinski definition) is 3. The number of nitrogens with zero attached hydrogens (tertiary/aromatic N) is 2. The van der Waals surface area contributed by atoms with E-state index in [1.54, 1.807) is 0 Å². The van der Waals surface area contributed by atoms with Crippen LogP contribution in [0.15, 0.2) is 0 Å². The molecule has 0 aromatic carbocycles. The van der Waals surface area contributed by atoms with Crippen LogP contribution >= 0.6 is 0 Å². The summed E-state index contributed by atoms with van der Waals surface area (Å²) in [4.78, 5) is 34.0. The number of carbonyl (C=O) groups excluding carboxylic acids is 3. The van der Waals surface area contributed by atoms with Crippen LogP contribution in [0.5, 0.6) is 0 Å². The zero-order chi connectivity index (χ0) is 8.43. The Morgan fingerprint density at radius 1 is 1.55 bits per heavy atom. The van der Waals surface area contributed by atoms with E-state index in [-0.39, 0.29) is 19.0 Å². The lowest BCUT2D eigenvalue weighted by atomic mass is 10.5. The lowest BCUT2D eigenvalue weighted by Crippen LogP contribution is -2.31. The second-order valence-electron chi connectivity index (χ2n) is 2.28. The van der Waals surface area contributed by atoms with Crippen LogP contribution < -0.4 is 0 Å². The Hall–Kier alpha value is -1.39. The van der Waals surface area contributed by atoms with Crippen molar-refractivity contribution in [1.82, 2.24) is 9.80 Å². The molecule has 5 heteroatoms. The summed E-state index contributed by atoms with van der Waals surface area (Å²) in [5, 5.41) is 0. The maximum absolute atomic E-state index is 11.0. The van der Waals surface area contributed by atoms with E-state index in [2.05, 4.69) is 0 Å². The lowest BCUT2D eigenvalue weighted by molar-refractivity contribution is -0.124. The maximum atomic E-state index is 11.0. The van der Waals surface area contributed by atoms with Crippen molar-refractivity contribution in [1.29, 1.82) is 0 Å². The molecular formula is C6H8N2O3. The number of imide groups is 1. The first kappa shape index (κ1) is 7.71. The number of urea groups is 1. The normalized spacial score (nSPS) is 17.9. The Morgan fingerprint density at radius 2 is 2.18 bits per heavy atom. The smallest absolute Gasteiger partial charge is 0.308 e. The fourth-order valence-corrected chi connectivity index (χ4v) is 0.888. The summed E-state index contributed by atoms with van der Waals surface area (Å²) in [6.45, 7) is 0.0169. The molecule has 1 heterocycles. The van der Waals surface area contributed by atoms with Gasteiger partial charge in [0.1, 0.15) is 12.8 Å². The van der Waals surface area contributed by atoms with E-state index < -0.39 is 6.03 Å². The van der Waals surface area contributed by atoms with Gasteiger partial charge in [-0.15, -0.1) is 0 Å². The third-order valence-electron chi connectivity index (χ3n) is 1.55. The van der Waals surface area contributed by atoms with Gasteiger partial charge in [0.05, 0.1) is 6.54 Å². The first-order chi connectivity index (χ1) is 5.16. The van der Waals surface area contributed by atoms with Crippen LogP contribution in [0.3, 0.4) is 0 Å². The number of aldehydes is 1. The van der Waals surface area contributed by atoms with E-state index in [4.69, 9.17) is 0 Å². The standard InChI is InChI=1S/C6H8N2O3/c1-7-5(10)4-8(2-3-9)6(7)11/h3H,2,4H2,1H3. The van der Waals surface area contributed by atoms with Crippen molar-refractivity contribution in [2.75, 3.05) is 20.1 Å². The molecule has 0 unspecified atom stereocenters. The molecule has 0 saturated carbocycles. The zero-order valence-electron chi connectivity index (χ0n) is 6.11. The van der Waals surface area contributed by atoms with E-state index in [1.165, 1.54) is 11.9 Å². The van der Waals surface area contributed by atoms with Gasteiger partial charge >= 0.3 is 6.03 Å². The van der Waals surface area contributed by atoms with Gasteiger partial charge in [-0.2, -0.15) is 0 Å². The number of hydrogen-bond donors (Lipinski definition) is 0. The summed E-state index contributed by atoms with van der Waals surface area (Å²) >= 11 is 0. The second kappa shape index (κ2) is 2.69. The van der Waals surface area contributed by atoms with Crippen LogP contribution in [0.1, 0.15) is 0 Å². The molecule has 1 saturated heterocycles. The zero-order valence-corrected chi connectivity index (χ0v) is 6.11. The SMILES string of the molecule is CN1C(=O)CN(CC=O)C1=O. The molecule has 11 heavy (non-hydrogen) atoms. The van der Waals surface area contributed by atoms with Crippen LogP contribution in [0, 0.1) is 0 Å². The highest BCUT2D eigenvalue weighted by Crippen LogP contribution is 2.05. The Kier molecular flexibility index (Phi) is 1.89. The van der Waals surface area contributed by atoms with Crippen molar-refractivity contribution in [2.45, 2.75) is 0 Å². The van der Waals surface area contributed by atoms with E-state index in [9.17, 15) is 14.4 Å². The van der Waals surface area contributed by atoms with Gasteiger partial charge in [-0.25, -0.2) is 4.79 Å². The number of amides is 3. The molecule has 1 aliphatic rings. The second-order valence-corrected chi connectivity index (χ2v) is 2.28. The minimum absolute atomic E-state index is 0.00505. The first-order valence-corrected chi connectivity index (χ1v) is 3.16. The Labute approximate surface area is 63.6 Å². The first-order valence-electron chi connectivity index (χ1n) is 3.16. The number of carbonyl (C=O) groups is 3. The molecule has 1 aliphatic heterocycles. The Morgan fingerprint density at radius 3 is 2.55 bits per heavy atom. The van der Waals surface area contributed by atoms with Gasteiger partial charge in [0.25, 0.3) is 0 Å². The van der Waals surface area contributed by atoms with Gasteiger partial charge in [0.15, 0.2) is 0 Å². The average molecular weight is 156 g/mol. The topological polar surface area (TPSA) is 57.7 Å². The maximum Gasteiger partial charge on any atom is 0.327 e. The summed E-state index contributed by atoms with van der Waals surface area (Å²) in [5.41, 5.74) is 0. The predicted molar refractivity (Wildman–Crippen MR) is 35.8 cm³/mol. The van der Waals surface area contributed by atoms with Crippen LogP contribution in [0.25, 0.3) is 0 Å². The fourth-order valence-electron chi connectivity index (χ4n) is 0.888. The molecule has 1 fully saturated rings. The van der Waals surface area contributed by atoms with Gasteiger partial charge in [0.2, 0.25) is 5.91 Å². The summed E-state index contributed by atoms with van der Waals surface area (Å²) in [6, 6.07) is -0.401. The van der Waals surface area contributed by atoms with Crippen molar-refractivity contribution in [2.24, 2.45) is 0 Å². The van der Waals surface area contributed by atoms with Gasteiger partial charge in [-0.3, -0.25) is 9.69 Å². The van der Waals surface area contributed by atoms with Gasteiger partial charge < -0.3 is 9.69 Å². The van der Waals surface area contributed by atoms with Crippen LogP contribution in [0.2, 0.25) is 0 Å². The predicted octanol–water partition coefficient (Wildman–Crippen LogP) is -0.921. The third kappa shape index (κ3) is 1.21. The van der Waals surface area contributed by atoms with Crippen molar-refractivity contribution < 1.29 is 14.4 Å². The summed E-state index contributed by atoms with van der Waals surface area (Å²) in [7, 11) is 1.40. The highest BCUT2D eigenvalue weighted by molar-refractivity contribution is 6.02. The van der Waals surface area contributed by atoms with Crippen LogP contribution in [-0.4, -0.2) is 48.2 Å². The quantitative estimate of drug-likeness (QED) is 0.383. The molecule has 0 radical (unpaired) electrons. The lowest BCUT2D eigenvalue weighted by Gasteiger charge is -2.09.